The van der Waals surface area contributed by atoms with Crippen LogP contribution in [0.25, 0.3) is 0 Å². The smallest absolute Gasteiger partial charge is 0.246 e. The van der Waals surface area contributed by atoms with Gasteiger partial charge in [-0.1, -0.05) is 6.92 Å². The number of nitrogens with zero attached hydrogens (tertiary/aromatic N) is 7. The van der Waals surface area contributed by atoms with Crippen LogP contribution in [0.5, 0.6) is 0 Å². The zero-order valence-electron chi connectivity index (χ0n) is 18.6. The van der Waals surface area contributed by atoms with Crippen LogP contribution >= 0.6 is 24.0 Å². The van der Waals surface area contributed by atoms with Crippen molar-refractivity contribution in [2.45, 2.75) is 19.8 Å². The largest absolute Gasteiger partial charge is 0.356 e. The third-order valence-corrected chi connectivity index (χ3v) is 5.83. The number of rotatable bonds is 7. The van der Waals surface area contributed by atoms with Crippen LogP contribution in [-0.2, 0) is 11.8 Å². The first-order valence-electron chi connectivity index (χ1n) is 10.8. The van der Waals surface area contributed by atoms with Crippen LogP contribution in [0.1, 0.15) is 19.8 Å². The van der Waals surface area contributed by atoms with Crippen molar-refractivity contribution in [3.63, 3.8) is 0 Å². The fraction of sp³-hybridized carbons (Fsp3) is 0.750. The molecule has 3 heterocycles. The van der Waals surface area contributed by atoms with Gasteiger partial charge in [0.15, 0.2) is 5.96 Å². The Labute approximate surface area is 197 Å². The lowest BCUT2D eigenvalue weighted by atomic mass is 10.2. The number of guanidine groups is 1. The monoisotopic (exact) mass is 532 g/mol. The van der Waals surface area contributed by atoms with Gasteiger partial charge in [0.25, 0.3) is 0 Å². The molecule has 10 heteroatoms. The van der Waals surface area contributed by atoms with Gasteiger partial charge in [-0.2, -0.15) is 5.10 Å². The van der Waals surface area contributed by atoms with Crippen molar-refractivity contribution in [1.82, 2.24) is 29.8 Å². The van der Waals surface area contributed by atoms with Crippen molar-refractivity contribution in [3.05, 3.63) is 12.4 Å². The molecular formula is C20H37IN8O. The molecule has 0 aromatic carbocycles. The van der Waals surface area contributed by atoms with Crippen LogP contribution in [-0.4, -0.2) is 109 Å². The Hall–Kier alpha value is -1.40. The molecule has 170 valence electrons. The number of carbonyl (C=O) groups is 1. The summed E-state index contributed by atoms with van der Waals surface area (Å²) in [5, 5.41) is 7.60. The summed E-state index contributed by atoms with van der Waals surface area (Å²) < 4.78 is 1.72. The number of unbranched alkanes of at least 4 members (excludes halogenated alkanes) is 1. The summed E-state index contributed by atoms with van der Waals surface area (Å²) >= 11 is 0. The van der Waals surface area contributed by atoms with E-state index in [-0.39, 0.29) is 29.9 Å². The fourth-order valence-corrected chi connectivity index (χ4v) is 4.00. The number of anilines is 1. The number of halogens is 1. The lowest BCUT2D eigenvalue weighted by Crippen LogP contribution is -2.55. The summed E-state index contributed by atoms with van der Waals surface area (Å²) in [4.78, 5) is 25.9. The third-order valence-electron chi connectivity index (χ3n) is 5.83. The van der Waals surface area contributed by atoms with Crippen LogP contribution in [0.4, 0.5) is 5.69 Å². The Kier molecular flexibility index (Phi) is 10.3. The molecule has 0 saturated carbocycles. The van der Waals surface area contributed by atoms with Crippen molar-refractivity contribution in [2.24, 2.45) is 12.0 Å². The highest BCUT2D eigenvalue weighted by Gasteiger charge is 2.27. The molecule has 2 saturated heterocycles. The summed E-state index contributed by atoms with van der Waals surface area (Å²) in [6, 6.07) is 0. The van der Waals surface area contributed by atoms with E-state index in [0.717, 1.165) is 37.7 Å². The Morgan fingerprint density at radius 1 is 1.13 bits per heavy atom. The van der Waals surface area contributed by atoms with E-state index in [1.165, 1.54) is 39.1 Å². The summed E-state index contributed by atoms with van der Waals surface area (Å²) in [5.41, 5.74) is 0.861. The number of piperazine rings is 2. The highest BCUT2D eigenvalue weighted by atomic mass is 127. The zero-order chi connectivity index (χ0) is 20.6. The second-order valence-electron chi connectivity index (χ2n) is 7.80. The number of amides is 1. The summed E-state index contributed by atoms with van der Waals surface area (Å²) in [5.74, 6) is 0.902. The second-order valence-corrected chi connectivity index (χ2v) is 7.80. The van der Waals surface area contributed by atoms with Crippen LogP contribution in [0.2, 0.25) is 0 Å². The Bertz CT molecular complexity index is 686. The average molecular weight is 532 g/mol. The molecule has 2 aliphatic rings. The molecule has 0 aliphatic carbocycles. The van der Waals surface area contributed by atoms with Gasteiger partial charge in [-0.15, -0.1) is 24.0 Å². The number of aromatic nitrogens is 2. The van der Waals surface area contributed by atoms with Crippen LogP contribution < -0.4 is 10.2 Å². The van der Waals surface area contributed by atoms with E-state index in [0.29, 0.717) is 13.1 Å². The molecule has 1 N–H and O–H groups in total. The molecule has 0 atom stereocenters. The summed E-state index contributed by atoms with van der Waals surface area (Å²) in [7, 11) is 3.65. The highest BCUT2D eigenvalue weighted by molar-refractivity contribution is 14.0. The topological polar surface area (TPSA) is 72.2 Å². The van der Waals surface area contributed by atoms with Crippen molar-refractivity contribution >= 4 is 41.5 Å². The predicted molar refractivity (Wildman–Crippen MR) is 132 cm³/mol. The predicted octanol–water partition coefficient (Wildman–Crippen LogP) is 0.680. The molecule has 1 aromatic rings. The van der Waals surface area contributed by atoms with Crippen molar-refractivity contribution < 1.29 is 4.79 Å². The second kappa shape index (κ2) is 12.5. The molecule has 0 unspecified atom stereocenters. The summed E-state index contributed by atoms with van der Waals surface area (Å²) in [6.45, 7) is 12.0. The maximum Gasteiger partial charge on any atom is 0.246 e. The lowest BCUT2D eigenvalue weighted by Gasteiger charge is -2.35. The number of hydrogen-bond acceptors (Lipinski definition) is 5. The van der Waals surface area contributed by atoms with E-state index in [2.05, 4.69) is 32.1 Å². The van der Waals surface area contributed by atoms with Gasteiger partial charge in [0, 0.05) is 66.1 Å². The molecule has 2 fully saturated rings. The first-order chi connectivity index (χ1) is 14.1. The number of hydrogen-bond donors (Lipinski definition) is 1. The standard InChI is InChI=1S/C20H36N8O.HI/c1-4-25-9-11-26(12-10-25)8-6-5-7-22-20(21-2)27-13-14-28(19(29)17-27)18-15-23-24(3)16-18;/h15-16H,4-14,17H2,1-3H3,(H,21,22);1H. The number of aliphatic imine (C=N–C) groups is 1. The van der Waals surface area contributed by atoms with Crippen LogP contribution in [0.15, 0.2) is 17.4 Å². The SMILES string of the molecule is CCN1CCN(CCCCNC(=NC)N2CCN(c3cnn(C)c3)C(=O)C2)CC1.I. The highest BCUT2D eigenvalue weighted by Crippen LogP contribution is 2.16. The minimum Gasteiger partial charge on any atom is -0.356 e. The van der Waals surface area contributed by atoms with Gasteiger partial charge in [-0.3, -0.25) is 14.5 Å². The minimum absolute atomic E-state index is 0. The van der Waals surface area contributed by atoms with Crippen molar-refractivity contribution in [1.29, 1.82) is 0 Å². The zero-order valence-corrected chi connectivity index (χ0v) is 20.9. The van der Waals surface area contributed by atoms with E-state index in [1.54, 1.807) is 22.8 Å². The number of nitrogens with one attached hydrogen (secondary N) is 1. The van der Waals surface area contributed by atoms with Crippen LogP contribution in [0.3, 0.4) is 0 Å². The van der Waals surface area contributed by atoms with E-state index in [4.69, 9.17) is 0 Å². The van der Waals surface area contributed by atoms with E-state index in [1.807, 2.05) is 18.1 Å². The maximum atomic E-state index is 12.6. The Morgan fingerprint density at radius 3 is 2.47 bits per heavy atom. The summed E-state index contributed by atoms with van der Waals surface area (Å²) in [6.07, 6.45) is 5.91. The lowest BCUT2D eigenvalue weighted by molar-refractivity contribution is -0.120. The Morgan fingerprint density at radius 2 is 1.87 bits per heavy atom. The van der Waals surface area contributed by atoms with E-state index >= 15 is 0 Å². The van der Waals surface area contributed by atoms with E-state index < -0.39 is 0 Å². The minimum atomic E-state index is 0. The molecule has 0 spiro atoms. The molecule has 1 aromatic heterocycles. The Balaban J connectivity index is 0.00000320. The fourth-order valence-electron chi connectivity index (χ4n) is 4.00. The van der Waals surface area contributed by atoms with Gasteiger partial charge < -0.3 is 24.9 Å². The van der Waals surface area contributed by atoms with Crippen molar-refractivity contribution in [3.8, 4) is 0 Å². The number of likely N-dealkylation sites (N-methyl/N-ethyl adjacent to an activating group) is 1. The normalized spacial score (nSPS) is 19.2. The maximum absolute atomic E-state index is 12.6. The van der Waals surface area contributed by atoms with Gasteiger partial charge in [-0.25, -0.2) is 0 Å². The molecule has 30 heavy (non-hydrogen) atoms. The molecule has 2 aliphatic heterocycles. The quantitative estimate of drug-likeness (QED) is 0.241. The first-order valence-corrected chi connectivity index (χ1v) is 10.8. The number of carbonyl (C=O) groups excluding carboxylic acids is 1. The molecular weight excluding hydrogens is 495 g/mol. The van der Waals surface area contributed by atoms with Gasteiger partial charge >= 0.3 is 0 Å². The van der Waals surface area contributed by atoms with Crippen molar-refractivity contribution in [2.75, 3.05) is 77.4 Å². The number of aryl methyl sites for hydroxylation is 1. The van der Waals surface area contributed by atoms with Gasteiger partial charge in [0.2, 0.25) is 5.91 Å². The molecule has 1 amide bonds. The molecule has 3 rings (SSSR count). The average Bonchev–Trinajstić information content (AvgIpc) is 3.17. The van der Waals surface area contributed by atoms with Crippen LogP contribution in [0, 0.1) is 0 Å². The molecule has 0 radical (unpaired) electrons. The van der Waals surface area contributed by atoms with Gasteiger partial charge in [0.05, 0.1) is 11.9 Å². The van der Waals surface area contributed by atoms with E-state index in [9.17, 15) is 4.79 Å². The first kappa shape index (κ1) is 24.9. The van der Waals surface area contributed by atoms with Gasteiger partial charge in [0.1, 0.15) is 6.54 Å². The molecule has 9 nitrogen and oxygen atoms in total. The third kappa shape index (κ3) is 6.81. The van der Waals surface area contributed by atoms with Gasteiger partial charge in [-0.05, 0) is 25.9 Å². The molecule has 0 bridgehead atoms.